The molecule has 2 heterocycles. The summed E-state index contributed by atoms with van der Waals surface area (Å²) in [4.78, 5) is 26.3. The van der Waals surface area contributed by atoms with Gasteiger partial charge in [0.15, 0.2) is 12.4 Å². The van der Waals surface area contributed by atoms with Crippen LogP contribution in [0.4, 0.5) is 5.69 Å². The molecule has 1 aliphatic rings. The molecule has 1 aromatic carbocycles. The predicted octanol–water partition coefficient (Wildman–Crippen LogP) is 2.76. The van der Waals surface area contributed by atoms with Crippen molar-refractivity contribution < 1.29 is 18.7 Å². The molecule has 150 valence electrons. The van der Waals surface area contributed by atoms with Crippen LogP contribution in [0.3, 0.4) is 0 Å². The third kappa shape index (κ3) is 5.60. The van der Waals surface area contributed by atoms with Crippen molar-refractivity contribution in [3.05, 3.63) is 48.4 Å². The average molecular weight is 385 g/mol. The first-order valence-electron chi connectivity index (χ1n) is 9.66. The Morgan fingerprint density at radius 1 is 1.21 bits per heavy atom. The monoisotopic (exact) mass is 385 g/mol. The lowest BCUT2D eigenvalue weighted by atomic mass is 9.93. The summed E-state index contributed by atoms with van der Waals surface area (Å²) >= 11 is 0. The molecule has 0 bridgehead atoms. The summed E-state index contributed by atoms with van der Waals surface area (Å²) < 4.78 is 10.7. The second kappa shape index (κ2) is 9.94. The molecule has 1 aromatic heterocycles. The maximum Gasteiger partial charge on any atom is 0.291 e. The molecule has 1 fully saturated rings. The Morgan fingerprint density at radius 2 is 2.04 bits per heavy atom. The fraction of sp³-hybridized carbons (Fsp3) is 0.429. The summed E-state index contributed by atoms with van der Waals surface area (Å²) in [7, 11) is 1.97. The van der Waals surface area contributed by atoms with Crippen LogP contribution in [0.25, 0.3) is 0 Å². The predicted molar refractivity (Wildman–Crippen MR) is 106 cm³/mol. The summed E-state index contributed by atoms with van der Waals surface area (Å²) in [5, 5.41) is 5.92. The average Bonchev–Trinajstić information content (AvgIpc) is 3.26. The normalized spacial score (nSPS) is 14.7. The van der Waals surface area contributed by atoms with E-state index in [1.807, 2.05) is 11.9 Å². The van der Waals surface area contributed by atoms with Gasteiger partial charge in [0.25, 0.3) is 11.8 Å². The molecular formula is C21H27N3O4. The molecule has 1 saturated heterocycles. The van der Waals surface area contributed by atoms with Gasteiger partial charge in [0.1, 0.15) is 5.75 Å². The number of hydrogen-bond donors (Lipinski definition) is 2. The summed E-state index contributed by atoms with van der Waals surface area (Å²) in [5.41, 5.74) is 0.580. The highest BCUT2D eigenvalue weighted by Crippen LogP contribution is 2.21. The zero-order valence-corrected chi connectivity index (χ0v) is 16.1. The van der Waals surface area contributed by atoms with Crippen LogP contribution in [-0.4, -0.2) is 50.0 Å². The quantitative estimate of drug-likeness (QED) is 0.730. The van der Waals surface area contributed by atoms with Crippen molar-refractivity contribution in [3.63, 3.8) is 0 Å². The topological polar surface area (TPSA) is 83.8 Å². The molecule has 1 aliphatic heterocycles. The van der Waals surface area contributed by atoms with Crippen LogP contribution in [-0.2, 0) is 4.79 Å². The van der Waals surface area contributed by atoms with Gasteiger partial charge in [-0.05, 0) is 63.0 Å². The molecule has 2 aromatic rings. The Hall–Kier alpha value is -2.80. The standard InChI is InChI=1S/C21H27N3O4/c1-22-10-7-16-8-11-24(12-9-16)20(25)15-28-18-5-2-4-17(14-18)23-21(26)19-6-3-13-27-19/h2-6,13-14,16,22H,7-12,15H2,1H3,(H,23,26). The molecule has 0 unspecified atom stereocenters. The highest BCUT2D eigenvalue weighted by Gasteiger charge is 2.22. The number of carbonyl (C=O) groups is 2. The highest BCUT2D eigenvalue weighted by atomic mass is 16.5. The van der Waals surface area contributed by atoms with E-state index in [9.17, 15) is 9.59 Å². The number of hydrogen-bond acceptors (Lipinski definition) is 5. The van der Waals surface area contributed by atoms with Gasteiger partial charge in [0, 0.05) is 24.8 Å². The molecule has 0 spiro atoms. The minimum absolute atomic E-state index is 0.00269. The molecule has 0 atom stereocenters. The lowest BCUT2D eigenvalue weighted by molar-refractivity contribution is -0.134. The summed E-state index contributed by atoms with van der Waals surface area (Å²) in [6.07, 6.45) is 4.69. The van der Waals surface area contributed by atoms with Crippen molar-refractivity contribution >= 4 is 17.5 Å². The van der Waals surface area contributed by atoms with Gasteiger partial charge in [-0.15, -0.1) is 0 Å². The number of piperidine rings is 1. The maximum absolute atomic E-state index is 12.4. The lowest BCUT2D eigenvalue weighted by Gasteiger charge is -2.32. The molecular weight excluding hydrogens is 358 g/mol. The van der Waals surface area contributed by atoms with Crippen molar-refractivity contribution in [2.24, 2.45) is 5.92 Å². The van der Waals surface area contributed by atoms with Crippen LogP contribution < -0.4 is 15.4 Å². The van der Waals surface area contributed by atoms with Crippen molar-refractivity contribution in [3.8, 4) is 5.75 Å². The van der Waals surface area contributed by atoms with E-state index in [0.717, 1.165) is 38.9 Å². The van der Waals surface area contributed by atoms with E-state index in [-0.39, 0.29) is 24.2 Å². The number of furan rings is 1. The van der Waals surface area contributed by atoms with Gasteiger partial charge in [-0.3, -0.25) is 9.59 Å². The molecule has 7 heteroatoms. The molecule has 3 rings (SSSR count). The van der Waals surface area contributed by atoms with Gasteiger partial charge in [-0.25, -0.2) is 0 Å². The highest BCUT2D eigenvalue weighted by molar-refractivity contribution is 6.02. The third-order valence-electron chi connectivity index (χ3n) is 4.97. The number of amides is 2. The van der Waals surface area contributed by atoms with E-state index in [0.29, 0.717) is 17.4 Å². The zero-order valence-electron chi connectivity index (χ0n) is 16.1. The first-order chi connectivity index (χ1) is 13.7. The first-order valence-corrected chi connectivity index (χ1v) is 9.66. The summed E-state index contributed by atoms with van der Waals surface area (Å²) in [5.74, 6) is 1.12. The van der Waals surface area contributed by atoms with Crippen LogP contribution in [0.15, 0.2) is 47.1 Å². The number of ether oxygens (including phenoxy) is 1. The van der Waals surface area contributed by atoms with Gasteiger partial charge >= 0.3 is 0 Å². The van der Waals surface area contributed by atoms with Crippen molar-refractivity contribution in [1.29, 1.82) is 0 Å². The van der Waals surface area contributed by atoms with Crippen LogP contribution in [0.2, 0.25) is 0 Å². The molecule has 0 saturated carbocycles. The smallest absolute Gasteiger partial charge is 0.291 e. The van der Waals surface area contributed by atoms with Gasteiger partial charge in [0.2, 0.25) is 0 Å². The summed E-state index contributed by atoms with van der Waals surface area (Å²) in [6.45, 7) is 2.59. The molecule has 2 amide bonds. The minimum Gasteiger partial charge on any atom is -0.484 e. The van der Waals surface area contributed by atoms with Crippen LogP contribution in [0, 0.1) is 5.92 Å². The van der Waals surface area contributed by atoms with E-state index in [1.54, 1.807) is 36.4 Å². The zero-order chi connectivity index (χ0) is 19.8. The fourth-order valence-electron chi connectivity index (χ4n) is 3.32. The Morgan fingerprint density at radius 3 is 2.75 bits per heavy atom. The summed E-state index contributed by atoms with van der Waals surface area (Å²) in [6, 6.07) is 10.2. The second-order valence-corrected chi connectivity index (χ2v) is 6.96. The van der Waals surface area contributed by atoms with Gasteiger partial charge in [-0.2, -0.15) is 0 Å². The number of nitrogens with zero attached hydrogens (tertiary/aromatic N) is 1. The number of nitrogens with one attached hydrogen (secondary N) is 2. The largest absolute Gasteiger partial charge is 0.484 e. The van der Waals surface area contributed by atoms with E-state index < -0.39 is 0 Å². The number of benzene rings is 1. The Bertz CT molecular complexity index is 768. The number of anilines is 1. The van der Waals surface area contributed by atoms with Gasteiger partial charge in [0.05, 0.1) is 6.26 Å². The number of rotatable bonds is 8. The Kier molecular flexibility index (Phi) is 7.08. The lowest BCUT2D eigenvalue weighted by Crippen LogP contribution is -2.41. The van der Waals surface area contributed by atoms with Crippen molar-refractivity contribution in [1.82, 2.24) is 10.2 Å². The molecule has 28 heavy (non-hydrogen) atoms. The van der Waals surface area contributed by atoms with E-state index in [4.69, 9.17) is 9.15 Å². The van der Waals surface area contributed by atoms with Crippen molar-refractivity contribution in [2.75, 3.05) is 38.6 Å². The van der Waals surface area contributed by atoms with Crippen LogP contribution in [0.5, 0.6) is 5.75 Å². The fourth-order valence-corrected chi connectivity index (χ4v) is 3.32. The van der Waals surface area contributed by atoms with Gasteiger partial charge in [-0.1, -0.05) is 6.07 Å². The van der Waals surface area contributed by atoms with E-state index in [2.05, 4.69) is 10.6 Å². The van der Waals surface area contributed by atoms with Crippen LogP contribution >= 0.6 is 0 Å². The SMILES string of the molecule is CNCCC1CCN(C(=O)COc2cccc(NC(=O)c3ccco3)c2)CC1. The van der Waals surface area contributed by atoms with Crippen LogP contribution in [0.1, 0.15) is 29.8 Å². The third-order valence-corrected chi connectivity index (χ3v) is 4.97. The first kappa shape index (κ1) is 19.9. The minimum atomic E-state index is -0.334. The maximum atomic E-state index is 12.4. The number of carbonyl (C=O) groups excluding carboxylic acids is 2. The van der Waals surface area contributed by atoms with E-state index >= 15 is 0 Å². The Balaban J connectivity index is 1.46. The molecule has 2 N–H and O–H groups in total. The number of likely N-dealkylation sites (tertiary alicyclic amines) is 1. The van der Waals surface area contributed by atoms with E-state index in [1.165, 1.54) is 6.26 Å². The van der Waals surface area contributed by atoms with Crippen molar-refractivity contribution in [2.45, 2.75) is 19.3 Å². The molecule has 7 nitrogen and oxygen atoms in total. The second-order valence-electron chi connectivity index (χ2n) is 6.96. The molecule has 0 aliphatic carbocycles. The Labute approximate surface area is 165 Å². The van der Waals surface area contributed by atoms with Gasteiger partial charge < -0.3 is 24.7 Å². The molecule has 0 radical (unpaired) electrons.